The summed E-state index contributed by atoms with van der Waals surface area (Å²) in [6.45, 7) is -1.33. The topological polar surface area (TPSA) is 225 Å². The lowest BCUT2D eigenvalue weighted by atomic mass is 9.98. The zero-order valence-corrected chi connectivity index (χ0v) is 17.8. The fourth-order valence-corrected chi connectivity index (χ4v) is 5.37. The number of aliphatic hydroxyl groups is 6. The molecule has 14 nitrogen and oxygen atoms in total. The summed E-state index contributed by atoms with van der Waals surface area (Å²) >= 11 is 0.903. The number of hydrogen-bond donors (Lipinski definition) is 8. The number of carbonyl (C=O) groups is 2. The third kappa shape index (κ3) is 4.45. The Morgan fingerprint density at radius 2 is 1.70 bits per heavy atom. The van der Waals surface area contributed by atoms with E-state index in [1.54, 1.807) is 0 Å². The molecular weight excluding hydrogens is 470 g/mol. The minimum atomic E-state index is -1.75. The van der Waals surface area contributed by atoms with Gasteiger partial charge < -0.3 is 60.0 Å². The maximum atomic E-state index is 12.5. The molecule has 0 spiro atoms. The van der Waals surface area contributed by atoms with Crippen molar-refractivity contribution >= 4 is 23.6 Å². The fourth-order valence-electron chi connectivity index (χ4n) is 4.08. The number of thioether (sulfide) groups is 1. The van der Waals surface area contributed by atoms with Gasteiger partial charge in [-0.25, -0.2) is 4.79 Å². The lowest BCUT2D eigenvalue weighted by Gasteiger charge is -2.49. The van der Waals surface area contributed by atoms with Gasteiger partial charge in [0.15, 0.2) is 6.29 Å². The van der Waals surface area contributed by atoms with Crippen molar-refractivity contribution in [2.24, 2.45) is 0 Å². The van der Waals surface area contributed by atoms with E-state index in [4.69, 9.17) is 18.9 Å². The molecule has 4 rings (SSSR count). The van der Waals surface area contributed by atoms with Crippen molar-refractivity contribution in [2.45, 2.75) is 73.0 Å². The van der Waals surface area contributed by atoms with Crippen LogP contribution in [0.3, 0.4) is 0 Å². The number of carbonyl (C=O) groups excluding carboxylic acids is 1. The highest BCUT2D eigenvalue weighted by atomic mass is 32.2. The Bertz CT molecular complexity index is 808. The number of hydrogen-bond acceptors (Lipinski definition) is 13. The van der Waals surface area contributed by atoms with Crippen molar-refractivity contribution < 1.29 is 64.3 Å². The molecule has 2 saturated heterocycles. The first-order chi connectivity index (χ1) is 15.7. The third-order valence-electron chi connectivity index (χ3n) is 5.90. The molecule has 1 amide bonds. The molecule has 0 aliphatic carbocycles. The molecule has 33 heavy (non-hydrogen) atoms. The number of ether oxygens (including phenoxy) is 4. The van der Waals surface area contributed by atoms with Crippen LogP contribution in [-0.2, 0) is 28.5 Å². The Hall–Kier alpha value is -1.53. The van der Waals surface area contributed by atoms with Crippen LogP contribution in [0.2, 0.25) is 0 Å². The number of carboxylic acids is 1. The summed E-state index contributed by atoms with van der Waals surface area (Å²) in [5.74, 6) is -1.86. The molecule has 186 valence electrons. The number of amides is 1. The molecule has 4 aliphatic rings. The predicted octanol–water partition coefficient (Wildman–Crippen LogP) is -4.43. The maximum absolute atomic E-state index is 12.5. The molecule has 11 atom stereocenters. The van der Waals surface area contributed by atoms with E-state index in [2.05, 4.69) is 5.32 Å². The minimum absolute atomic E-state index is 0.0643. The summed E-state index contributed by atoms with van der Waals surface area (Å²) < 4.78 is 22.4. The average molecular weight is 495 g/mol. The molecular formula is C18H25NO13S. The first-order valence-electron chi connectivity index (χ1n) is 10.2. The lowest BCUT2D eigenvalue weighted by Crippen LogP contribution is -2.65. The summed E-state index contributed by atoms with van der Waals surface area (Å²) in [6, 6.07) is -1.20. The molecule has 0 saturated carbocycles. The van der Waals surface area contributed by atoms with Gasteiger partial charge in [-0.05, 0) is 0 Å². The van der Waals surface area contributed by atoms with Crippen LogP contribution in [0.15, 0.2) is 10.7 Å². The van der Waals surface area contributed by atoms with Gasteiger partial charge in [-0.3, -0.25) is 4.79 Å². The van der Waals surface area contributed by atoms with Gasteiger partial charge in [0.05, 0.1) is 13.2 Å². The summed E-state index contributed by atoms with van der Waals surface area (Å²) in [7, 11) is 0. The Kier molecular flexibility index (Phi) is 7.16. The summed E-state index contributed by atoms with van der Waals surface area (Å²) in [4.78, 5) is 23.8. The monoisotopic (exact) mass is 495 g/mol. The van der Waals surface area contributed by atoms with Crippen molar-refractivity contribution in [2.75, 3.05) is 13.2 Å². The van der Waals surface area contributed by atoms with E-state index in [0.717, 1.165) is 11.8 Å². The SMILES string of the molecule is O=C1N[C@H](C(=O)O)CC2=C1S[C@H]1[C@H](O2)O[C@H](CO)[C@H](O)[C@@H]1O[C@@H]1O[C@H](CO)[C@H](O)[C@H](O)[C@H]1O. The van der Waals surface area contributed by atoms with Gasteiger partial charge in [-0.15, -0.1) is 11.8 Å². The smallest absolute Gasteiger partial charge is 0.326 e. The molecule has 0 bridgehead atoms. The minimum Gasteiger partial charge on any atom is -0.480 e. The molecule has 8 N–H and O–H groups in total. The van der Waals surface area contributed by atoms with Gasteiger partial charge >= 0.3 is 5.97 Å². The molecule has 0 unspecified atom stereocenters. The molecule has 2 fully saturated rings. The number of nitrogens with one attached hydrogen (secondary N) is 1. The van der Waals surface area contributed by atoms with E-state index in [1.807, 2.05) is 0 Å². The highest BCUT2D eigenvalue weighted by Gasteiger charge is 2.54. The number of carboxylic acid groups (broad SMARTS) is 1. The van der Waals surface area contributed by atoms with E-state index in [1.165, 1.54) is 0 Å². The van der Waals surface area contributed by atoms with Crippen molar-refractivity contribution in [1.82, 2.24) is 5.32 Å². The standard InChI is InChI=1S/C18H25NO13S/c20-2-6-8(22)10(24)11(25)17(30-6)32-12-9(23)7(3-21)31-18-14(12)33-13-5(29-18)1-4(16(27)28)19-15(13)26/h4,6-12,14,17-18,20-25H,1-3H2,(H,19,26)(H,27,28)/t4-,6+,7+,8-,9-,10-,11+,12-,14+,17-,18+/m0/s1. The predicted molar refractivity (Wildman–Crippen MR) is 104 cm³/mol. The van der Waals surface area contributed by atoms with Crippen LogP contribution < -0.4 is 5.32 Å². The second-order valence-electron chi connectivity index (χ2n) is 8.04. The van der Waals surface area contributed by atoms with E-state index >= 15 is 0 Å². The average Bonchev–Trinajstić information content (AvgIpc) is 2.79. The lowest BCUT2D eigenvalue weighted by molar-refractivity contribution is -0.336. The molecule has 0 aromatic heterocycles. The van der Waals surface area contributed by atoms with E-state index in [0.29, 0.717) is 0 Å². The Labute approximate surface area is 190 Å². The van der Waals surface area contributed by atoms with Crippen molar-refractivity contribution in [1.29, 1.82) is 0 Å². The molecule has 4 aliphatic heterocycles. The van der Waals surface area contributed by atoms with Crippen LogP contribution in [0.1, 0.15) is 6.42 Å². The van der Waals surface area contributed by atoms with Crippen LogP contribution in [0.4, 0.5) is 0 Å². The van der Waals surface area contributed by atoms with Crippen LogP contribution in [-0.4, -0.2) is 127 Å². The highest BCUT2D eigenvalue weighted by Crippen LogP contribution is 2.45. The van der Waals surface area contributed by atoms with Crippen LogP contribution in [0.25, 0.3) is 0 Å². The molecule has 0 aromatic carbocycles. The normalized spacial score (nSPS) is 45.5. The van der Waals surface area contributed by atoms with Crippen LogP contribution in [0.5, 0.6) is 0 Å². The molecule has 0 aromatic rings. The van der Waals surface area contributed by atoms with Crippen molar-refractivity contribution in [3.05, 3.63) is 10.7 Å². The van der Waals surface area contributed by atoms with Crippen LogP contribution >= 0.6 is 11.8 Å². The third-order valence-corrected chi connectivity index (χ3v) is 7.31. The number of rotatable bonds is 5. The van der Waals surface area contributed by atoms with E-state index < -0.39 is 91.7 Å². The van der Waals surface area contributed by atoms with Gasteiger partial charge in [0.25, 0.3) is 5.91 Å². The largest absolute Gasteiger partial charge is 0.480 e. The number of fused-ring (bicyclic) bond motifs is 1. The zero-order chi connectivity index (χ0) is 24.0. The summed E-state index contributed by atoms with van der Waals surface area (Å²) in [6.07, 6.45) is -13.2. The van der Waals surface area contributed by atoms with E-state index in [9.17, 15) is 45.3 Å². The first-order valence-corrected chi connectivity index (χ1v) is 11.0. The van der Waals surface area contributed by atoms with Crippen molar-refractivity contribution in [3.8, 4) is 0 Å². The quantitative estimate of drug-likeness (QED) is 0.180. The van der Waals surface area contributed by atoms with Gasteiger partial charge in [0.2, 0.25) is 6.29 Å². The molecule has 4 heterocycles. The summed E-state index contributed by atoms with van der Waals surface area (Å²) in [5.41, 5.74) is 0. The Morgan fingerprint density at radius 3 is 2.33 bits per heavy atom. The van der Waals surface area contributed by atoms with Crippen molar-refractivity contribution in [3.63, 3.8) is 0 Å². The second-order valence-corrected chi connectivity index (χ2v) is 9.22. The van der Waals surface area contributed by atoms with Gasteiger partial charge in [0, 0.05) is 6.42 Å². The highest BCUT2D eigenvalue weighted by molar-refractivity contribution is 8.04. The molecule has 0 radical (unpaired) electrons. The van der Waals surface area contributed by atoms with Gasteiger partial charge in [-0.2, -0.15) is 0 Å². The number of aliphatic hydroxyl groups excluding tert-OH is 6. The Morgan fingerprint density at radius 1 is 1.03 bits per heavy atom. The zero-order valence-electron chi connectivity index (χ0n) is 17.0. The van der Waals surface area contributed by atoms with Crippen LogP contribution in [0, 0.1) is 0 Å². The fraction of sp³-hybridized carbons (Fsp3) is 0.778. The molecule has 15 heteroatoms. The second kappa shape index (κ2) is 9.61. The Balaban J connectivity index is 1.59. The summed E-state index contributed by atoms with van der Waals surface area (Å²) in [5, 5.41) is 70.6. The van der Waals surface area contributed by atoms with Gasteiger partial charge in [0.1, 0.15) is 64.7 Å². The number of aliphatic carboxylic acids is 1. The maximum Gasteiger partial charge on any atom is 0.326 e. The first kappa shape index (κ1) is 24.6. The van der Waals surface area contributed by atoms with E-state index in [-0.39, 0.29) is 17.1 Å². The van der Waals surface area contributed by atoms with Gasteiger partial charge in [-0.1, -0.05) is 0 Å².